The van der Waals surface area contributed by atoms with Crippen LogP contribution < -0.4 is 4.90 Å². The summed E-state index contributed by atoms with van der Waals surface area (Å²) in [5.41, 5.74) is 29.8. The Labute approximate surface area is 499 Å². The summed E-state index contributed by atoms with van der Waals surface area (Å²) in [6.07, 6.45) is 10.6. The Kier molecular flexibility index (Phi) is 11.9. The summed E-state index contributed by atoms with van der Waals surface area (Å²) in [5.74, 6) is 1.37. The molecule has 2 nitrogen and oxygen atoms in total. The van der Waals surface area contributed by atoms with Crippen molar-refractivity contribution in [3.8, 4) is 72.4 Å². The summed E-state index contributed by atoms with van der Waals surface area (Å²) in [7, 11) is 0. The van der Waals surface area contributed by atoms with E-state index in [1.54, 1.807) is 0 Å². The molecule has 17 rings (SSSR count). The fourth-order valence-electron chi connectivity index (χ4n) is 15.9. The lowest BCUT2D eigenvalue weighted by atomic mass is 9.70. The summed E-state index contributed by atoms with van der Waals surface area (Å²) in [6, 6.07) is 106. The minimum Gasteiger partial charge on any atom is -0.310 e. The molecular weight excluding hydrogens is 1020 g/mol. The molecule has 12 aromatic carbocycles. The number of anilines is 3. The minimum absolute atomic E-state index is 0.466. The second kappa shape index (κ2) is 20.2. The highest BCUT2D eigenvalue weighted by molar-refractivity contribution is 6.10. The molecule has 2 heteroatoms. The summed E-state index contributed by atoms with van der Waals surface area (Å²) in [5, 5.41) is 2.80. The van der Waals surface area contributed by atoms with Crippen molar-refractivity contribution >= 4 is 38.9 Å². The Morgan fingerprint density at radius 1 is 0.294 bits per heavy atom. The molecule has 0 saturated heterocycles. The van der Waals surface area contributed by atoms with Gasteiger partial charge in [-0.15, -0.1) is 0 Å². The van der Waals surface area contributed by atoms with Gasteiger partial charge in [-0.25, -0.2) is 0 Å². The first-order chi connectivity index (χ1) is 42.1. The number of aromatic nitrogens is 1. The molecule has 4 aliphatic carbocycles. The Morgan fingerprint density at radius 2 is 0.718 bits per heavy atom. The molecule has 0 atom stereocenters. The molecule has 85 heavy (non-hydrogen) atoms. The highest BCUT2D eigenvalue weighted by atomic mass is 15.1. The van der Waals surface area contributed by atoms with E-state index in [1.165, 1.54) is 179 Å². The van der Waals surface area contributed by atoms with E-state index in [4.69, 9.17) is 0 Å². The zero-order valence-corrected chi connectivity index (χ0v) is 47.8. The first-order valence-corrected chi connectivity index (χ1v) is 31.0. The molecule has 1 aromatic heterocycles. The molecule has 406 valence electrons. The molecular formula is C83H64N2. The summed E-state index contributed by atoms with van der Waals surface area (Å²) < 4.78 is 2.51. The number of benzene rings is 12. The Bertz CT molecular complexity index is 4570. The second-order valence-corrected chi connectivity index (χ2v) is 24.4. The molecule has 2 fully saturated rings. The quantitative estimate of drug-likeness (QED) is 0.132. The topological polar surface area (TPSA) is 8.17 Å². The smallest absolute Gasteiger partial charge is 0.0726 e. The number of fused-ring (bicyclic) bond motifs is 13. The van der Waals surface area contributed by atoms with Gasteiger partial charge in [-0.2, -0.15) is 0 Å². The van der Waals surface area contributed by atoms with Crippen molar-refractivity contribution in [3.05, 3.63) is 312 Å². The fourth-order valence-corrected chi connectivity index (χ4v) is 15.9. The maximum absolute atomic E-state index is 2.55. The standard InChI is InChI=1S/C83H64N2/c1-2-17-55(18-3-1)62-23-16-24-65(51-62)69-25-11-15-32-80(69)84(68-47-48-73-72-28-10-14-31-78(72)83(79(73)54-68)76-29-12-8-26-70(76)71-27-9-13-30-77(71)83)66-43-37-60(38-44-66)58-33-35-59(36-34-58)61-39-45-67(46-40-61)85-81-49-41-63(56-19-4-5-20-56)52-74(81)75-53-64(42-50-82(75)85)57-21-6-7-22-57/h1-3,8-18,23-54,56-57H,4-7,19-22H2. The monoisotopic (exact) mass is 1090 g/mol. The molecule has 0 N–H and O–H groups in total. The molecule has 0 aliphatic heterocycles. The van der Waals surface area contributed by atoms with Crippen LogP contribution in [-0.4, -0.2) is 4.57 Å². The van der Waals surface area contributed by atoms with Crippen molar-refractivity contribution in [2.45, 2.75) is 68.6 Å². The predicted molar refractivity (Wildman–Crippen MR) is 356 cm³/mol. The van der Waals surface area contributed by atoms with Crippen LogP contribution >= 0.6 is 0 Å². The van der Waals surface area contributed by atoms with Gasteiger partial charge in [0.1, 0.15) is 0 Å². The van der Waals surface area contributed by atoms with E-state index in [0.717, 1.165) is 17.1 Å². The van der Waals surface area contributed by atoms with Crippen molar-refractivity contribution in [2.75, 3.05) is 4.90 Å². The lowest BCUT2D eigenvalue weighted by molar-refractivity contribution is 0.724. The van der Waals surface area contributed by atoms with Gasteiger partial charge in [0.25, 0.3) is 0 Å². The summed E-state index contributed by atoms with van der Waals surface area (Å²) in [4.78, 5) is 2.49. The first-order valence-electron chi connectivity index (χ1n) is 31.0. The van der Waals surface area contributed by atoms with E-state index in [0.29, 0.717) is 11.8 Å². The van der Waals surface area contributed by atoms with Gasteiger partial charge in [0.15, 0.2) is 0 Å². The highest BCUT2D eigenvalue weighted by Crippen LogP contribution is 2.63. The average molecular weight is 1090 g/mol. The third-order valence-corrected chi connectivity index (χ3v) is 19.9. The van der Waals surface area contributed by atoms with Crippen molar-refractivity contribution in [3.63, 3.8) is 0 Å². The second-order valence-electron chi connectivity index (χ2n) is 24.4. The van der Waals surface area contributed by atoms with Crippen LogP contribution in [0.2, 0.25) is 0 Å². The number of hydrogen-bond acceptors (Lipinski definition) is 1. The van der Waals surface area contributed by atoms with Crippen LogP contribution in [0, 0.1) is 0 Å². The molecule has 1 spiro atoms. The third-order valence-electron chi connectivity index (χ3n) is 19.9. The average Bonchev–Trinajstić information content (AvgIpc) is 3.51. The lowest BCUT2D eigenvalue weighted by Crippen LogP contribution is -2.26. The molecule has 13 aromatic rings. The maximum atomic E-state index is 2.55. The van der Waals surface area contributed by atoms with Crippen LogP contribution in [0.25, 0.3) is 94.3 Å². The normalized spacial score (nSPS) is 14.9. The van der Waals surface area contributed by atoms with Gasteiger partial charge in [0.05, 0.1) is 22.1 Å². The zero-order chi connectivity index (χ0) is 56.0. The maximum Gasteiger partial charge on any atom is 0.0726 e. The third kappa shape index (κ3) is 8.06. The van der Waals surface area contributed by atoms with Gasteiger partial charge in [-0.1, -0.05) is 232 Å². The van der Waals surface area contributed by atoms with Gasteiger partial charge in [0, 0.05) is 33.4 Å². The molecule has 0 bridgehead atoms. The predicted octanol–water partition coefficient (Wildman–Crippen LogP) is 22.6. The van der Waals surface area contributed by atoms with Crippen molar-refractivity contribution < 1.29 is 0 Å². The van der Waals surface area contributed by atoms with Crippen LogP contribution in [-0.2, 0) is 5.41 Å². The molecule has 4 aliphatic rings. The van der Waals surface area contributed by atoms with Gasteiger partial charge >= 0.3 is 0 Å². The minimum atomic E-state index is -0.466. The number of hydrogen-bond donors (Lipinski definition) is 0. The number of para-hydroxylation sites is 1. The molecule has 0 unspecified atom stereocenters. The molecule has 2 saturated carbocycles. The van der Waals surface area contributed by atoms with Gasteiger partial charge in [-0.05, 0) is 205 Å². The van der Waals surface area contributed by atoms with Gasteiger partial charge in [0.2, 0.25) is 0 Å². The number of rotatable bonds is 10. The summed E-state index contributed by atoms with van der Waals surface area (Å²) >= 11 is 0. The van der Waals surface area contributed by atoms with Crippen molar-refractivity contribution in [1.29, 1.82) is 0 Å². The first kappa shape index (κ1) is 49.8. The van der Waals surface area contributed by atoms with E-state index in [-0.39, 0.29) is 0 Å². The largest absolute Gasteiger partial charge is 0.310 e. The van der Waals surface area contributed by atoms with Crippen LogP contribution in [0.3, 0.4) is 0 Å². The highest BCUT2D eigenvalue weighted by Gasteiger charge is 2.51. The van der Waals surface area contributed by atoms with E-state index >= 15 is 0 Å². The molecule has 0 radical (unpaired) electrons. The Hall–Kier alpha value is -9.76. The van der Waals surface area contributed by atoms with Crippen molar-refractivity contribution in [2.24, 2.45) is 0 Å². The van der Waals surface area contributed by atoms with Crippen molar-refractivity contribution in [1.82, 2.24) is 4.57 Å². The lowest BCUT2D eigenvalue weighted by Gasteiger charge is -2.32. The van der Waals surface area contributed by atoms with Crippen LogP contribution in [0.15, 0.2) is 279 Å². The Morgan fingerprint density at radius 3 is 1.27 bits per heavy atom. The van der Waals surface area contributed by atoms with E-state index in [9.17, 15) is 0 Å². The fraction of sp³-hybridized carbons (Fsp3) is 0.133. The molecule has 1 heterocycles. The summed E-state index contributed by atoms with van der Waals surface area (Å²) in [6.45, 7) is 0. The van der Waals surface area contributed by atoms with Crippen LogP contribution in [0.4, 0.5) is 17.1 Å². The SMILES string of the molecule is c1ccc(-c2cccc(-c3ccccc3N(c3ccc(-c4ccc(-c5ccc(-n6c7ccc(C8CCCC8)cc7c7cc(C8CCCC8)ccc76)cc5)cc4)cc3)c3ccc4c(c3)C3(c5ccccc5-c5ccccc53)c3ccccc3-4)c2)cc1. The van der Waals surface area contributed by atoms with Crippen LogP contribution in [0.5, 0.6) is 0 Å². The number of nitrogens with zero attached hydrogens (tertiary/aromatic N) is 2. The zero-order valence-electron chi connectivity index (χ0n) is 47.8. The van der Waals surface area contributed by atoms with E-state index in [1.807, 2.05) is 0 Å². The Balaban J connectivity index is 0.734. The van der Waals surface area contributed by atoms with Gasteiger partial charge < -0.3 is 9.47 Å². The van der Waals surface area contributed by atoms with Crippen LogP contribution in [0.1, 0.15) is 96.6 Å². The molecule has 0 amide bonds. The van der Waals surface area contributed by atoms with E-state index in [2.05, 4.69) is 289 Å². The van der Waals surface area contributed by atoms with E-state index < -0.39 is 5.41 Å². The van der Waals surface area contributed by atoms with Gasteiger partial charge in [-0.3, -0.25) is 0 Å².